The summed E-state index contributed by atoms with van der Waals surface area (Å²) in [6.07, 6.45) is -0.995. The summed E-state index contributed by atoms with van der Waals surface area (Å²) in [5, 5.41) is 13.3. The number of carboxylic acid groups (broad SMARTS) is 1. The predicted octanol–water partition coefficient (Wildman–Crippen LogP) is 0.617. The molecule has 5 N–H and O–H groups in total. The van der Waals surface area contributed by atoms with Gasteiger partial charge in [0.25, 0.3) is 0 Å². The lowest BCUT2D eigenvalue weighted by atomic mass is 10.4. The van der Waals surface area contributed by atoms with Crippen LogP contribution in [0, 0.1) is 0 Å². The molecule has 0 aromatic rings. The number of ether oxygens (including phenoxy) is 1. The molecule has 1 amide bonds. The van der Waals surface area contributed by atoms with Crippen molar-refractivity contribution in [3.05, 3.63) is 10.4 Å². The molecule has 0 rings (SSSR count). The zero-order valence-electron chi connectivity index (χ0n) is 7.34. The fourth-order valence-electron chi connectivity index (χ4n) is 0.436. The maximum absolute atomic E-state index is 10.6. The Morgan fingerprint density at radius 1 is 1.57 bits per heavy atom. The molecule has 0 aliphatic heterocycles. The first-order valence-electron chi connectivity index (χ1n) is 3.30. The van der Waals surface area contributed by atoms with E-state index in [-0.39, 0.29) is 19.1 Å². The molecule has 0 radical (unpaired) electrons. The van der Waals surface area contributed by atoms with E-state index >= 15 is 0 Å². The fourth-order valence-corrected chi connectivity index (χ4v) is 0.436. The normalized spacial score (nSPS) is 7.71. The maximum atomic E-state index is 10.6. The minimum atomic E-state index is -1.02. The Balaban J connectivity index is 0. The van der Waals surface area contributed by atoms with Crippen molar-refractivity contribution in [1.82, 2.24) is 11.5 Å². The number of hydrogen-bond donors (Lipinski definition) is 3. The molecule has 0 bridgehead atoms. The Kier molecular flexibility index (Phi) is 9.45. The highest BCUT2D eigenvalue weighted by Gasteiger charge is 2.01. The van der Waals surface area contributed by atoms with E-state index in [1.165, 1.54) is 0 Å². The molecule has 0 heterocycles. The Labute approximate surface area is 79.2 Å². The van der Waals surface area contributed by atoms with Crippen LogP contribution in [-0.4, -0.2) is 30.4 Å². The number of aliphatic carboxylic acids is 1. The molecular weight excluding hydrogens is 194 g/mol. The maximum Gasteiger partial charge on any atom is 0.407 e. The molecule has 80 valence electrons. The lowest BCUT2D eigenvalue weighted by molar-refractivity contribution is -0.136. The predicted molar refractivity (Wildman–Crippen MR) is 45.8 cm³/mol. The van der Waals surface area contributed by atoms with Gasteiger partial charge in [0.15, 0.2) is 6.73 Å². The van der Waals surface area contributed by atoms with E-state index in [2.05, 4.69) is 20.1 Å². The van der Waals surface area contributed by atoms with Crippen molar-refractivity contribution in [3.8, 4) is 0 Å². The van der Waals surface area contributed by atoms with Gasteiger partial charge in [0.2, 0.25) is 0 Å². The van der Waals surface area contributed by atoms with Crippen LogP contribution in [0.25, 0.3) is 10.4 Å². The van der Waals surface area contributed by atoms with Crippen LogP contribution in [0.4, 0.5) is 4.79 Å². The smallest absolute Gasteiger partial charge is 0.407 e. The van der Waals surface area contributed by atoms with Crippen LogP contribution in [0.2, 0.25) is 0 Å². The van der Waals surface area contributed by atoms with E-state index in [0.717, 1.165) is 0 Å². The van der Waals surface area contributed by atoms with Crippen LogP contribution in [0.1, 0.15) is 6.42 Å². The number of carbonyl (C=O) groups excluding carboxylic acids is 1. The molecular formula is C5H11N5O4. The van der Waals surface area contributed by atoms with Gasteiger partial charge in [0.1, 0.15) is 0 Å². The second-order valence-electron chi connectivity index (χ2n) is 1.86. The van der Waals surface area contributed by atoms with E-state index in [4.69, 9.17) is 10.6 Å². The zero-order chi connectivity index (χ0) is 10.1. The highest BCUT2D eigenvalue weighted by atomic mass is 16.6. The molecule has 0 fully saturated rings. The van der Waals surface area contributed by atoms with Gasteiger partial charge in [-0.3, -0.25) is 4.79 Å². The number of nitrogens with zero attached hydrogens (tertiary/aromatic N) is 3. The lowest BCUT2D eigenvalue weighted by Gasteiger charge is -2.01. The van der Waals surface area contributed by atoms with Crippen molar-refractivity contribution in [3.63, 3.8) is 0 Å². The average molecular weight is 205 g/mol. The quantitative estimate of drug-likeness (QED) is 0.340. The van der Waals surface area contributed by atoms with Gasteiger partial charge in [-0.2, -0.15) is 0 Å². The molecule has 0 aromatic heterocycles. The molecule has 0 atom stereocenters. The van der Waals surface area contributed by atoms with Crippen molar-refractivity contribution in [1.29, 1.82) is 0 Å². The van der Waals surface area contributed by atoms with E-state index in [1.807, 2.05) is 0 Å². The summed E-state index contributed by atoms with van der Waals surface area (Å²) in [4.78, 5) is 22.9. The van der Waals surface area contributed by atoms with Crippen LogP contribution in [0.5, 0.6) is 0 Å². The Morgan fingerprint density at radius 3 is 2.71 bits per heavy atom. The van der Waals surface area contributed by atoms with Gasteiger partial charge in [-0.05, 0) is 5.53 Å². The van der Waals surface area contributed by atoms with Crippen molar-refractivity contribution < 1.29 is 19.4 Å². The Hall–Kier alpha value is -1.99. The van der Waals surface area contributed by atoms with E-state index in [0.29, 0.717) is 0 Å². The first kappa shape index (κ1) is 14.5. The van der Waals surface area contributed by atoms with Crippen molar-refractivity contribution in [2.24, 2.45) is 5.11 Å². The molecule has 9 heteroatoms. The first-order chi connectivity index (χ1) is 6.16. The molecule has 0 aliphatic carbocycles. The third-order valence-corrected chi connectivity index (χ3v) is 0.925. The lowest BCUT2D eigenvalue weighted by Crippen LogP contribution is -2.26. The molecule has 0 saturated heterocycles. The molecule has 0 spiro atoms. The van der Waals surface area contributed by atoms with Crippen molar-refractivity contribution in [2.45, 2.75) is 6.42 Å². The highest BCUT2D eigenvalue weighted by Crippen LogP contribution is 1.81. The van der Waals surface area contributed by atoms with Gasteiger partial charge in [-0.25, -0.2) is 4.79 Å². The number of rotatable bonds is 5. The van der Waals surface area contributed by atoms with Crippen molar-refractivity contribution in [2.75, 3.05) is 13.3 Å². The molecule has 0 aromatic carbocycles. The fraction of sp³-hybridized carbons (Fsp3) is 0.600. The van der Waals surface area contributed by atoms with Crippen LogP contribution < -0.4 is 11.5 Å². The minimum absolute atomic E-state index is 0. The van der Waals surface area contributed by atoms with Crippen LogP contribution >= 0.6 is 0 Å². The van der Waals surface area contributed by atoms with Gasteiger partial charge in [-0.15, -0.1) is 0 Å². The first-order valence-corrected chi connectivity index (χ1v) is 3.30. The summed E-state index contributed by atoms with van der Waals surface area (Å²) < 4.78 is 4.30. The van der Waals surface area contributed by atoms with Gasteiger partial charge in [0.05, 0.1) is 6.42 Å². The molecule has 0 saturated carbocycles. The summed E-state index contributed by atoms with van der Waals surface area (Å²) in [5.74, 6) is -1.02. The van der Waals surface area contributed by atoms with E-state index < -0.39 is 18.8 Å². The standard InChI is InChI=1S/C5H8N4O4.H3N/c6-9-8-3-13-5(12)7-2-1-4(10)11;/h1-3H2,(H,7,12)(H,10,11);1H3. The minimum Gasteiger partial charge on any atom is -0.481 e. The number of alkyl carbamates (subject to hydrolysis) is 1. The van der Waals surface area contributed by atoms with Gasteiger partial charge < -0.3 is 21.3 Å². The Bertz CT molecular complexity index is 236. The number of carboxylic acids is 1. The second kappa shape index (κ2) is 9.10. The SMILES string of the molecule is N.[N-]=[N+]=NCOC(=O)NCCC(=O)O. The summed E-state index contributed by atoms with van der Waals surface area (Å²) >= 11 is 0. The second-order valence-corrected chi connectivity index (χ2v) is 1.86. The molecule has 14 heavy (non-hydrogen) atoms. The average Bonchev–Trinajstić information content (AvgIpc) is 2.04. The van der Waals surface area contributed by atoms with Gasteiger partial charge in [0, 0.05) is 11.5 Å². The molecule has 9 nitrogen and oxygen atoms in total. The van der Waals surface area contributed by atoms with Crippen molar-refractivity contribution >= 4 is 12.1 Å². The number of nitrogens with one attached hydrogen (secondary N) is 1. The van der Waals surface area contributed by atoms with E-state index in [1.54, 1.807) is 0 Å². The monoisotopic (exact) mass is 205 g/mol. The zero-order valence-corrected chi connectivity index (χ0v) is 7.34. The summed E-state index contributed by atoms with van der Waals surface area (Å²) in [7, 11) is 0. The van der Waals surface area contributed by atoms with Crippen LogP contribution in [0.3, 0.4) is 0 Å². The topological polar surface area (TPSA) is 159 Å². The number of carbonyl (C=O) groups is 2. The number of amides is 1. The summed E-state index contributed by atoms with van der Waals surface area (Å²) in [6, 6.07) is 0. The van der Waals surface area contributed by atoms with Gasteiger partial charge >= 0.3 is 12.1 Å². The third-order valence-electron chi connectivity index (χ3n) is 0.925. The summed E-state index contributed by atoms with van der Waals surface area (Å²) in [5.41, 5.74) is 7.80. The number of azide groups is 1. The van der Waals surface area contributed by atoms with Gasteiger partial charge in [-0.1, -0.05) is 5.11 Å². The summed E-state index contributed by atoms with van der Waals surface area (Å²) in [6.45, 7) is -0.431. The highest BCUT2D eigenvalue weighted by molar-refractivity contribution is 5.70. The molecule has 0 unspecified atom stereocenters. The van der Waals surface area contributed by atoms with Crippen LogP contribution in [-0.2, 0) is 9.53 Å². The Morgan fingerprint density at radius 2 is 2.21 bits per heavy atom. The largest absolute Gasteiger partial charge is 0.481 e. The number of hydrogen-bond acceptors (Lipinski definition) is 5. The van der Waals surface area contributed by atoms with E-state index in [9.17, 15) is 9.59 Å². The van der Waals surface area contributed by atoms with Crippen LogP contribution in [0.15, 0.2) is 5.11 Å². The third kappa shape index (κ3) is 10.0. The molecule has 0 aliphatic rings.